The van der Waals surface area contributed by atoms with Crippen LogP contribution in [0, 0.1) is 5.92 Å². The Labute approximate surface area is 87.4 Å². The summed E-state index contributed by atoms with van der Waals surface area (Å²) in [6.45, 7) is 6.89. The van der Waals surface area contributed by atoms with Crippen molar-refractivity contribution < 1.29 is 0 Å². The monoisotopic (exact) mass is 188 g/mol. The third-order valence-corrected chi connectivity index (χ3v) is 3.38. The zero-order valence-corrected chi connectivity index (χ0v) is 9.56. The first-order valence-corrected chi connectivity index (χ1v) is 5.87. The van der Waals surface area contributed by atoms with Gasteiger partial charge in [0.05, 0.1) is 0 Å². The summed E-state index contributed by atoms with van der Waals surface area (Å²) in [4.78, 5) is 0. The summed E-state index contributed by atoms with van der Waals surface area (Å²) in [5, 5.41) is 0. The quantitative estimate of drug-likeness (QED) is 0.602. The Kier molecular flexibility index (Phi) is 2.62. The van der Waals surface area contributed by atoms with E-state index in [1.54, 1.807) is 16.7 Å². The molecule has 0 saturated carbocycles. The van der Waals surface area contributed by atoms with Crippen LogP contribution in [0.3, 0.4) is 0 Å². The molecule has 2 rings (SSSR count). The van der Waals surface area contributed by atoms with Gasteiger partial charge in [-0.2, -0.15) is 0 Å². The highest BCUT2D eigenvalue weighted by Crippen LogP contribution is 2.39. The topological polar surface area (TPSA) is 0 Å². The molecule has 0 heteroatoms. The van der Waals surface area contributed by atoms with Crippen molar-refractivity contribution >= 4 is 0 Å². The van der Waals surface area contributed by atoms with Gasteiger partial charge in [0.1, 0.15) is 0 Å². The van der Waals surface area contributed by atoms with Gasteiger partial charge in [-0.3, -0.25) is 0 Å². The molecular weight excluding hydrogens is 168 g/mol. The second-order valence-electron chi connectivity index (χ2n) is 4.69. The Hall–Kier alpha value is -0.780. The predicted molar refractivity (Wildman–Crippen MR) is 62.2 cm³/mol. The summed E-state index contributed by atoms with van der Waals surface area (Å²) in [5.74, 6) is 0.723. The molecule has 0 N–H and O–H groups in total. The Balaban J connectivity index is 2.40. The molecular formula is C14H20. The minimum absolute atomic E-state index is 0.723. The molecule has 0 saturated heterocycles. The second-order valence-corrected chi connectivity index (χ2v) is 4.69. The maximum Gasteiger partial charge on any atom is -0.0227 e. The molecule has 2 aliphatic rings. The summed E-state index contributed by atoms with van der Waals surface area (Å²) in [7, 11) is 0. The van der Waals surface area contributed by atoms with E-state index in [-0.39, 0.29) is 0 Å². The van der Waals surface area contributed by atoms with E-state index >= 15 is 0 Å². The van der Waals surface area contributed by atoms with Gasteiger partial charge in [0.15, 0.2) is 0 Å². The van der Waals surface area contributed by atoms with Crippen LogP contribution in [0.2, 0.25) is 0 Å². The zero-order valence-electron chi connectivity index (χ0n) is 9.56. The van der Waals surface area contributed by atoms with Crippen molar-refractivity contribution in [2.45, 2.75) is 46.5 Å². The number of rotatable bonds is 2. The fourth-order valence-corrected chi connectivity index (χ4v) is 2.53. The van der Waals surface area contributed by atoms with Crippen molar-refractivity contribution in [2.75, 3.05) is 0 Å². The number of allylic oxidation sites excluding steroid dienone is 6. The van der Waals surface area contributed by atoms with Crippen LogP contribution in [0.1, 0.15) is 46.5 Å². The molecule has 14 heavy (non-hydrogen) atoms. The van der Waals surface area contributed by atoms with Gasteiger partial charge in [-0.15, -0.1) is 0 Å². The van der Waals surface area contributed by atoms with E-state index in [0.29, 0.717) is 0 Å². The molecule has 2 aliphatic carbocycles. The van der Waals surface area contributed by atoms with Crippen LogP contribution in [-0.4, -0.2) is 0 Å². The third kappa shape index (κ3) is 1.58. The van der Waals surface area contributed by atoms with E-state index in [2.05, 4.69) is 32.9 Å². The molecule has 0 nitrogen and oxygen atoms in total. The molecule has 0 spiro atoms. The van der Waals surface area contributed by atoms with Gasteiger partial charge in [0, 0.05) is 0 Å². The molecule has 0 aromatic rings. The average molecular weight is 188 g/mol. The second kappa shape index (κ2) is 3.76. The van der Waals surface area contributed by atoms with Crippen molar-refractivity contribution in [2.24, 2.45) is 5.92 Å². The van der Waals surface area contributed by atoms with E-state index in [1.165, 1.54) is 31.3 Å². The minimum atomic E-state index is 0.723. The average Bonchev–Trinajstić information content (AvgIpc) is 2.59. The van der Waals surface area contributed by atoms with Crippen LogP contribution in [0.25, 0.3) is 0 Å². The van der Waals surface area contributed by atoms with E-state index in [4.69, 9.17) is 0 Å². The maximum atomic E-state index is 2.42. The highest BCUT2D eigenvalue weighted by molar-refractivity contribution is 5.56. The van der Waals surface area contributed by atoms with Gasteiger partial charge < -0.3 is 0 Å². The van der Waals surface area contributed by atoms with Crippen molar-refractivity contribution in [3.63, 3.8) is 0 Å². The van der Waals surface area contributed by atoms with E-state index in [1.807, 2.05) is 0 Å². The Morgan fingerprint density at radius 1 is 1.21 bits per heavy atom. The lowest BCUT2D eigenvalue weighted by Crippen LogP contribution is -2.05. The number of fused-ring (bicyclic) bond motifs is 1. The lowest BCUT2D eigenvalue weighted by molar-refractivity contribution is 0.653. The summed E-state index contributed by atoms with van der Waals surface area (Å²) in [6, 6.07) is 0. The highest BCUT2D eigenvalue weighted by Gasteiger charge is 2.21. The van der Waals surface area contributed by atoms with Crippen LogP contribution in [0.4, 0.5) is 0 Å². The summed E-state index contributed by atoms with van der Waals surface area (Å²) < 4.78 is 0. The lowest BCUT2D eigenvalue weighted by Gasteiger charge is -2.21. The number of hydrogen-bond donors (Lipinski definition) is 0. The molecule has 0 fully saturated rings. The van der Waals surface area contributed by atoms with Gasteiger partial charge in [-0.05, 0) is 48.3 Å². The smallest absolute Gasteiger partial charge is 0.0227 e. The SMILES string of the molecule is CCC1=CC2=C(C(C)C)CCCC2=C1. The van der Waals surface area contributed by atoms with Crippen LogP contribution < -0.4 is 0 Å². The molecule has 0 unspecified atom stereocenters. The first-order valence-electron chi connectivity index (χ1n) is 5.87. The standard InChI is InChI=1S/C14H20/c1-4-11-8-12-6-5-7-13(10(2)3)14(12)9-11/h8-10H,4-7H2,1-3H3. The van der Waals surface area contributed by atoms with Crippen LogP contribution >= 0.6 is 0 Å². The Bertz CT molecular complexity index is 324. The Morgan fingerprint density at radius 3 is 2.64 bits per heavy atom. The molecule has 0 bridgehead atoms. The molecule has 0 heterocycles. The number of hydrogen-bond acceptors (Lipinski definition) is 0. The third-order valence-electron chi connectivity index (χ3n) is 3.38. The molecule has 0 aliphatic heterocycles. The fourth-order valence-electron chi connectivity index (χ4n) is 2.53. The van der Waals surface area contributed by atoms with Crippen molar-refractivity contribution in [1.82, 2.24) is 0 Å². The zero-order chi connectivity index (χ0) is 10.1. The summed E-state index contributed by atoms with van der Waals surface area (Å²) in [5.41, 5.74) is 6.40. The predicted octanol–water partition coefficient (Wildman–Crippen LogP) is 4.40. The van der Waals surface area contributed by atoms with E-state index in [0.717, 1.165) is 5.92 Å². The largest absolute Gasteiger partial charge is 0.0613 e. The lowest BCUT2D eigenvalue weighted by atomic mass is 9.84. The molecule has 0 atom stereocenters. The summed E-state index contributed by atoms with van der Waals surface area (Å²) >= 11 is 0. The van der Waals surface area contributed by atoms with Crippen molar-refractivity contribution in [3.8, 4) is 0 Å². The maximum absolute atomic E-state index is 2.42. The molecule has 0 aromatic heterocycles. The fraction of sp³-hybridized carbons (Fsp3) is 0.571. The van der Waals surface area contributed by atoms with E-state index < -0.39 is 0 Å². The van der Waals surface area contributed by atoms with Crippen molar-refractivity contribution in [1.29, 1.82) is 0 Å². The molecule has 76 valence electrons. The van der Waals surface area contributed by atoms with Crippen LogP contribution in [0.5, 0.6) is 0 Å². The van der Waals surface area contributed by atoms with Gasteiger partial charge in [-0.25, -0.2) is 0 Å². The van der Waals surface area contributed by atoms with E-state index in [9.17, 15) is 0 Å². The first-order chi connectivity index (χ1) is 6.72. The van der Waals surface area contributed by atoms with Gasteiger partial charge in [-0.1, -0.05) is 38.5 Å². The van der Waals surface area contributed by atoms with Gasteiger partial charge in [0.25, 0.3) is 0 Å². The first kappa shape index (κ1) is 9.76. The highest BCUT2D eigenvalue weighted by atomic mass is 14.3. The summed E-state index contributed by atoms with van der Waals surface area (Å²) in [6.07, 6.45) is 9.98. The van der Waals surface area contributed by atoms with Crippen LogP contribution in [0.15, 0.2) is 34.4 Å². The Morgan fingerprint density at radius 2 is 2.00 bits per heavy atom. The minimum Gasteiger partial charge on any atom is -0.0613 e. The molecule has 0 aromatic carbocycles. The van der Waals surface area contributed by atoms with Crippen LogP contribution in [-0.2, 0) is 0 Å². The molecule has 0 amide bonds. The van der Waals surface area contributed by atoms with Gasteiger partial charge >= 0.3 is 0 Å². The van der Waals surface area contributed by atoms with Gasteiger partial charge in [0.2, 0.25) is 0 Å². The molecule has 0 radical (unpaired) electrons. The van der Waals surface area contributed by atoms with Crippen molar-refractivity contribution in [3.05, 3.63) is 34.4 Å². The normalized spacial score (nSPS) is 21.1.